The van der Waals surface area contributed by atoms with Crippen molar-refractivity contribution in [1.29, 1.82) is 5.26 Å². The minimum absolute atomic E-state index is 0.137. The Labute approximate surface area is 149 Å². The van der Waals surface area contributed by atoms with Gasteiger partial charge < -0.3 is 9.30 Å². The third-order valence-electron chi connectivity index (χ3n) is 4.19. The van der Waals surface area contributed by atoms with Gasteiger partial charge in [-0.1, -0.05) is 13.3 Å². The number of unbranched alkanes of at least 4 members (excludes halogenated alkanes) is 1. The molecule has 3 aromatic rings. The zero-order valence-electron chi connectivity index (χ0n) is 14.7. The molecule has 0 aliphatic heterocycles. The number of nitriles is 1. The van der Waals surface area contributed by atoms with Crippen LogP contribution in [0.2, 0.25) is 0 Å². The van der Waals surface area contributed by atoms with Gasteiger partial charge >= 0.3 is 5.69 Å². The van der Waals surface area contributed by atoms with E-state index in [1.807, 2.05) is 13.0 Å². The Morgan fingerprint density at radius 1 is 1.27 bits per heavy atom. The van der Waals surface area contributed by atoms with Crippen molar-refractivity contribution >= 4 is 11.2 Å². The molecule has 0 unspecified atom stereocenters. The number of imidazole rings is 1. The van der Waals surface area contributed by atoms with Crippen LogP contribution in [0.4, 0.5) is 0 Å². The van der Waals surface area contributed by atoms with Crippen LogP contribution in [-0.2, 0) is 20.2 Å². The first-order chi connectivity index (χ1) is 12.5. The Kier molecular flexibility index (Phi) is 4.89. The quantitative estimate of drug-likeness (QED) is 0.726. The summed E-state index contributed by atoms with van der Waals surface area (Å²) in [6.45, 7) is 2.66. The zero-order chi connectivity index (χ0) is 18.7. The molecule has 0 spiro atoms. The number of H-pyrrole nitrogens is 1. The smallest absolute Gasteiger partial charge is 0.330 e. The number of benzene rings is 1. The molecule has 0 atom stereocenters. The average Bonchev–Trinajstić information content (AvgIpc) is 2.97. The van der Waals surface area contributed by atoms with Crippen molar-refractivity contribution < 1.29 is 4.74 Å². The van der Waals surface area contributed by atoms with E-state index < -0.39 is 11.2 Å². The highest BCUT2D eigenvalue weighted by Crippen LogP contribution is 2.15. The Balaban J connectivity index is 1.95. The van der Waals surface area contributed by atoms with Crippen molar-refractivity contribution in [2.75, 3.05) is 0 Å². The third kappa shape index (κ3) is 3.24. The van der Waals surface area contributed by atoms with Gasteiger partial charge in [-0.25, -0.2) is 9.78 Å². The fourth-order valence-corrected chi connectivity index (χ4v) is 2.72. The second-order valence-electron chi connectivity index (χ2n) is 5.95. The van der Waals surface area contributed by atoms with Crippen LogP contribution in [-0.4, -0.2) is 19.1 Å². The highest BCUT2D eigenvalue weighted by molar-refractivity contribution is 5.70. The van der Waals surface area contributed by atoms with Crippen LogP contribution < -0.4 is 16.0 Å². The van der Waals surface area contributed by atoms with Crippen molar-refractivity contribution in [2.24, 2.45) is 7.05 Å². The molecule has 0 aliphatic rings. The molecule has 0 amide bonds. The van der Waals surface area contributed by atoms with Gasteiger partial charge in [-0.2, -0.15) is 5.26 Å². The number of hydrogen-bond donors (Lipinski definition) is 1. The molecule has 134 valence electrons. The molecule has 0 fully saturated rings. The lowest BCUT2D eigenvalue weighted by Crippen LogP contribution is -2.31. The van der Waals surface area contributed by atoms with E-state index in [2.05, 4.69) is 9.97 Å². The molecular weight excluding hydrogens is 334 g/mol. The molecule has 1 N–H and O–H groups in total. The van der Waals surface area contributed by atoms with E-state index in [1.54, 1.807) is 35.9 Å². The number of hydrogen-bond acceptors (Lipinski definition) is 5. The predicted molar refractivity (Wildman–Crippen MR) is 96.0 cm³/mol. The van der Waals surface area contributed by atoms with E-state index in [0.29, 0.717) is 34.8 Å². The van der Waals surface area contributed by atoms with E-state index >= 15 is 0 Å². The summed E-state index contributed by atoms with van der Waals surface area (Å²) in [5.74, 6) is 1.12. The number of ether oxygens (including phenoxy) is 1. The predicted octanol–water partition coefficient (Wildman–Crippen LogP) is 1.67. The molecule has 0 bridgehead atoms. The van der Waals surface area contributed by atoms with E-state index in [-0.39, 0.29) is 6.61 Å². The van der Waals surface area contributed by atoms with E-state index in [9.17, 15) is 9.59 Å². The zero-order valence-corrected chi connectivity index (χ0v) is 14.7. The molecule has 8 heteroatoms. The molecule has 0 saturated carbocycles. The largest absolute Gasteiger partial charge is 0.486 e. The fourth-order valence-electron chi connectivity index (χ4n) is 2.72. The molecule has 0 aliphatic carbocycles. The number of aryl methyl sites for hydroxylation is 2. The van der Waals surface area contributed by atoms with Crippen LogP contribution in [0.1, 0.15) is 31.2 Å². The standard InChI is InChI=1S/C18H19N5O3/c1-3-4-9-23-16-15(17(24)21-18(23)25)22(2)14(20-16)11-26-13-7-5-12(10-19)6-8-13/h5-8H,3-4,9,11H2,1-2H3,(H,21,24,25). The van der Waals surface area contributed by atoms with Gasteiger partial charge in [0.25, 0.3) is 5.56 Å². The first-order valence-corrected chi connectivity index (χ1v) is 8.36. The van der Waals surface area contributed by atoms with Gasteiger partial charge in [0, 0.05) is 13.6 Å². The normalized spacial score (nSPS) is 10.8. The van der Waals surface area contributed by atoms with Crippen LogP contribution in [0.3, 0.4) is 0 Å². The molecule has 3 rings (SSSR count). The monoisotopic (exact) mass is 353 g/mol. The highest BCUT2D eigenvalue weighted by Gasteiger charge is 2.16. The molecule has 2 aromatic heterocycles. The van der Waals surface area contributed by atoms with E-state index in [4.69, 9.17) is 10.00 Å². The maximum atomic E-state index is 12.2. The van der Waals surface area contributed by atoms with E-state index in [0.717, 1.165) is 12.8 Å². The minimum atomic E-state index is -0.461. The minimum Gasteiger partial charge on any atom is -0.486 e. The number of nitrogens with one attached hydrogen (secondary N) is 1. The summed E-state index contributed by atoms with van der Waals surface area (Å²) in [6.07, 6.45) is 1.74. The highest BCUT2D eigenvalue weighted by atomic mass is 16.5. The summed E-state index contributed by atoms with van der Waals surface area (Å²) < 4.78 is 8.83. The average molecular weight is 353 g/mol. The molecule has 1 aromatic carbocycles. The second kappa shape index (κ2) is 7.27. The van der Waals surface area contributed by atoms with Gasteiger partial charge in [-0.15, -0.1) is 0 Å². The summed E-state index contributed by atoms with van der Waals surface area (Å²) in [7, 11) is 1.72. The maximum Gasteiger partial charge on any atom is 0.330 e. The number of nitrogens with zero attached hydrogens (tertiary/aromatic N) is 4. The van der Waals surface area contributed by atoms with Crippen molar-refractivity contribution in [1.82, 2.24) is 19.1 Å². The van der Waals surface area contributed by atoms with Gasteiger partial charge in [-0.3, -0.25) is 14.3 Å². The van der Waals surface area contributed by atoms with Crippen LogP contribution in [0.25, 0.3) is 11.2 Å². The number of aromatic amines is 1. The first-order valence-electron chi connectivity index (χ1n) is 8.36. The lowest BCUT2D eigenvalue weighted by atomic mass is 10.2. The van der Waals surface area contributed by atoms with Crippen molar-refractivity contribution in [2.45, 2.75) is 32.9 Å². The van der Waals surface area contributed by atoms with Gasteiger partial charge in [0.15, 0.2) is 11.2 Å². The van der Waals surface area contributed by atoms with Crippen molar-refractivity contribution in [3.05, 3.63) is 56.5 Å². The number of rotatable bonds is 6. The summed E-state index contributed by atoms with van der Waals surface area (Å²) in [5.41, 5.74) is 0.352. The van der Waals surface area contributed by atoms with E-state index in [1.165, 1.54) is 4.57 Å². The lowest BCUT2D eigenvalue weighted by molar-refractivity contribution is 0.292. The number of aromatic nitrogens is 4. The first kappa shape index (κ1) is 17.5. The summed E-state index contributed by atoms with van der Waals surface area (Å²) in [6, 6.07) is 8.77. The van der Waals surface area contributed by atoms with Gasteiger partial charge in [0.05, 0.1) is 11.6 Å². The fraction of sp³-hybridized carbons (Fsp3) is 0.333. The molecule has 0 radical (unpaired) electrons. The summed E-state index contributed by atoms with van der Waals surface area (Å²) >= 11 is 0. The topological polar surface area (TPSA) is 106 Å². The summed E-state index contributed by atoms with van der Waals surface area (Å²) in [5, 5.41) is 8.82. The van der Waals surface area contributed by atoms with Gasteiger partial charge in [0.1, 0.15) is 18.2 Å². The lowest BCUT2D eigenvalue weighted by Gasteiger charge is -2.06. The Morgan fingerprint density at radius 3 is 2.65 bits per heavy atom. The van der Waals surface area contributed by atoms with Crippen LogP contribution in [0, 0.1) is 11.3 Å². The van der Waals surface area contributed by atoms with Crippen LogP contribution in [0.15, 0.2) is 33.9 Å². The van der Waals surface area contributed by atoms with Crippen LogP contribution >= 0.6 is 0 Å². The second-order valence-corrected chi connectivity index (χ2v) is 5.95. The Morgan fingerprint density at radius 2 is 2.00 bits per heavy atom. The summed E-state index contributed by atoms with van der Waals surface area (Å²) in [4.78, 5) is 31.1. The molecule has 8 nitrogen and oxygen atoms in total. The Bertz CT molecular complexity index is 1080. The maximum absolute atomic E-state index is 12.2. The molecule has 0 saturated heterocycles. The SMILES string of the molecule is CCCCn1c(=O)[nH]c(=O)c2c1nc(COc1ccc(C#N)cc1)n2C. The van der Waals surface area contributed by atoms with Gasteiger partial charge in [0.2, 0.25) is 0 Å². The third-order valence-corrected chi connectivity index (χ3v) is 4.19. The Hall–Kier alpha value is -3.34. The van der Waals surface area contributed by atoms with Crippen LogP contribution in [0.5, 0.6) is 5.75 Å². The van der Waals surface area contributed by atoms with Gasteiger partial charge in [-0.05, 0) is 30.7 Å². The molecule has 2 heterocycles. The van der Waals surface area contributed by atoms with Crippen molar-refractivity contribution in [3.8, 4) is 11.8 Å². The molecule has 26 heavy (non-hydrogen) atoms. The number of fused-ring (bicyclic) bond motifs is 1. The van der Waals surface area contributed by atoms with Crippen molar-refractivity contribution in [3.63, 3.8) is 0 Å². The molecular formula is C18H19N5O3.